The highest BCUT2D eigenvalue weighted by molar-refractivity contribution is 7.09. The van der Waals surface area contributed by atoms with Crippen molar-refractivity contribution in [3.05, 3.63) is 52.2 Å². The van der Waals surface area contributed by atoms with Crippen LogP contribution in [-0.2, 0) is 11.3 Å². The Balaban J connectivity index is 1.56. The highest BCUT2D eigenvalue weighted by atomic mass is 32.1. The third kappa shape index (κ3) is 4.23. The first-order valence-electron chi connectivity index (χ1n) is 8.25. The molecule has 1 aromatic carbocycles. The summed E-state index contributed by atoms with van der Waals surface area (Å²) >= 11 is 1.67. The highest BCUT2D eigenvalue weighted by Gasteiger charge is 2.32. The van der Waals surface area contributed by atoms with E-state index >= 15 is 0 Å². The second kappa shape index (κ2) is 7.62. The molecule has 126 valence electrons. The average molecular weight is 343 g/mol. The fraction of sp³-hybridized carbons (Fsp3) is 0.368. The van der Waals surface area contributed by atoms with Crippen molar-refractivity contribution in [1.29, 1.82) is 0 Å². The molecule has 0 N–H and O–H groups in total. The van der Waals surface area contributed by atoms with Gasteiger partial charge in [-0.25, -0.2) is 0 Å². The lowest BCUT2D eigenvalue weighted by atomic mass is 10.1. The number of amides is 1. The van der Waals surface area contributed by atoms with Gasteiger partial charge in [0, 0.05) is 22.9 Å². The number of ether oxygens (including phenoxy) is 1. The van der Waals surface area contributed by atoms with Gasteiger partial charge in [0.1, 0.15) is 5.75 Å². The van der Waals surface area contributed by atoms with Crippen molar-refractivity contribution < 1.29 is 14.3 Å². The predicted molar refractivity (Wildman–Crippen MR) is 94.4 cm³/mol. The van der Waals surface area contributed by atoms with Gasteiger partial charge in [-0.1, -0.05) is 13.0 Å². The molecule has 0 unspecified atom stereocenters. The largest absolute Gasteiger partial charge is 0.484 e. The van der Waals surface area contributed by atoms with Gasteiger partial charge in [-0.2, -0.15) is 0 Å². The Bertz CT molecular complexity index is 690. The number of rotatable bonds is 8. The maximum atomic E-state index is 12.5. The average Bonchev–Trinajstić information content (AvgIpc) is 3.33. The summed E-state index contributed by atoms with van der Waals surface area (Å²) in [6.07, 6.45) is 2.63. The van der Waals surface area contributed by atoms with Crippen molar-refractivity contribution in [3.63, 3.8) is 0 Å². The number of ketones is 1. The van der Waals surface area contributed by atoms with Gasteiger partial charge in [-0.05, 0) is 48.6 Å². The van der Waals surface area contributed by atoms with E-state index in [1.807, 2.05) is 23.3 Å². The van der Waals surface area contributed by atoms with Crippen LogP contribution in [0.5, 0.6) is 5.75 Å². The molecular formula is C19H21NO3S. The molecule has 1 aliphatic carbocycles. The Morgan fingerprint density at radius 2 is 1.96 bits per heavy atom. The summed E-state index contributed by atoms with van der Waals surface area (Å²) in [6.45, 7) is 2.53. The van der Waals surface area contributed by atoms with E-state index in [0.29, 0.717) is 30.3 Å². The molecule has 1 aromatic heterocycles. The summed E-state index contributed by atoms with van der Waals surface area (Å²) in [6, 6.07) is 11.4. The summed E-state index contributed by atoms with van der Waals surface area (Å²) in [5.41, 5.74) is 0.675. The van der Waals surface area contributed by atoms with Crippen LogP contribution in [0.15, 0.2) is 41.8 Å². The number of nitrogens with zero attached hydrogens (tertiary/aromatic N) is 1. The van der Waals surface area contributed by atoms with Crippen molar-refractivity contribution in [3.8, 4) is 5.75 Å². The first-order chi connectivity index (χ1) is 11.7. The van der Waals surface area contributed by atoms with Crippen LogP contribution in [0.2, 0.25) is 0 Å². The van der Waals surface area contributed by atoms with E-state index in [1.54, 1.807) is 35.6 Å². The van der Waals surface area contributed by atoms with E-state index in [2.05, 4.69) is 6.07 Å². The molecule has 2 aromatic rings. The Labute approximate surface area is 146 Å². The second-order valence-corrected chi connectivity index (χ2v) is 6.95. The number of carbonyl (C=O) groups excluding carboxylic acids is 2. The Kier molecular flexibility index (Phi) is 5.30. The SMILES string of the molecule is CCC(=O)c1ccc(OCC(=O)N(Cc2cccs2)C2CC2)cc1. The van der Waals surface area contributed by atoms with E-state index in [9.17, 15) is 9.59 Å². The molecule has 0 radical (unpaired) electrons. The van der Waals surface area contributed by atoms with Crippen molar-refractivity contribution in [1.82, 2.24) is 4.90 Å². The number of hydrogen-bond acceptors (Lipinski definition) is 4. The summed E-state index contributed by atoms with van der Waals surface area (Å²) in [5, 5.41) is 2.03. The number of hydrogen-bond donors (Lipinski definition) is 0. The van der Waals surface area contributed by atoms with Gasteiger partial charge in [0.2, 0.25) is 0 Å². The fourth-order valence-corrected chi connectivity index (χ4v) is 3.25. The lowest BCUT2D eigenvalue weighted by Gasteiger charge is -2.22. The normalized spacial score (nSPS) is 13.5. The van der Waals surface area contributed by atoms with Gasteiger partial charge in [0.15, 0.2) is 12.4 Å². The lowest BCUT2D eigenvalue weighted by molar-refractivity contribution is -0.134. The smallest absolute Gasteiger partial charge is 0.261 e. The zero-order valence-corrected chi connectivity index (χ0v) is 14.6. The monoisotopic (exact) mass is 343 g/mol. The third-order valence-corrected chi connectivity index (χ3v) is 4.94. The second-order valence-electron chi connectivity index (χ2n) is 5.92. The van der Waals surface area contributed by atoms with Crippen LogP contribution >= 0.6 is 11.3 Å². The lowest BCUT2D eigenvalue weighted by Crippen LogP contribution is -2.36. The van der Waals surface area contributed by atoms with Crippen LogP contribution < -0.4 is 4.74 Å². The third-order valence-electron chi connectivity index (χ3n) is 4.07. The van der Waals surface area contributed by atoms with Gasteiger partial charge >= 0.3 is 0 Å². The van der Waals surface area contributed by atoms with Gasteiger partial charge in [-0.3, -0.25) is 9.59 Å². The highest BCUT2D eigenvalue weighted by Crippen LogP contribution is 2.29. The van der Waals surface area contributed by atoms with Gasteiger partial charge < -0.3 is 9.64 Å². The standard InChI is InChI=1S/C19H21NO3S/c1-2-18(21)14-5-9-16(10-6-14)23-13-19(22)20(15-7-8-15)12-17-4-3-11-24-17/h3-6,9-11,15H,2,7-8,12-13H2,1H3. The van der Waals surface area contributed by atoms with Gasteiger partial charge in [0.05, 0.1) is 6.54 Å². The first kappa shape index (κ1) is 16.7. The molecule has 0 saturated heterocycles. The molecule has 0 bridgehead atoms. The first-order valence-corrected chi connectivity index (χ1v) is 9.13. The van der Waals surface area contributed by atoms with Crippen molar-refractivity contribution in [2.75, 3.05) is 6.61 Å². The number of Topliss-reactive ketones (excluding diaryl/α,β-unsaturated/α-hetero) is 1. The molecule has 3 rings (SSSR count). The summed E-state index contributed by atoms with van der Waals surface area (Å²) < 4.78 is 5.62. The number of thiophene rings is 1. The molecule has 0 aliphatic heterocycles. The van der Waals surface area contributed by atoms with Crippen molar-refractivity contribution in [2.45, 2.75) is 38.8 Å². The van der Waals surface area contributed by atoms with Gasteiger partial charge in [-0.15, -0.1) is 11.3 Å². The molecule has 0 atom stereocenters. The summed E-state index contributed by atoms with van der Waals surface area (Å²) in [4.78, 5) is 27.2. The van der Waals surface area contributed by atoms with E-state index in [-0.39, 0.29) is 18.3 Å². The van der Waals surface area contributed by atoms with E-state index in [0.717, 1.165) is 12.8 Å². The molecule has 1 saturated carbocycles. The Hall–Kier alpha value is -2.14. The van der Waals surface area contributed by atoms with Crippen LogP contribution in [0, 0.1) is 0 Å². The molecule has 4 nitrogen and oxygen atoms in total. The van der Waals surface area contributed by atoms with E-state index in [1.165, 1.54) is 4.88 Å². The molecule has 1 fully saturated rings. The maximum Gasteiger partial charge on any atom is 0.261 e. The summed E-state index contributed by atoms with van der Waals surface area (Å²) in [7, 11) is 0. The predicted octanol–water partition coefficient (Wildman–Crippen LogP) is 3.91. The van der Waals surface area contributed by atoms with Crippen LogP contribution in [0.3, 0.4) is 0 Å². The zero-order chi connectivity index (χ0) is 16.9. The summed E-state index contributed by atoms with van der Waals surface area (Å²) in [5.74, 6) is 0.732. The van der Waals surface area contributed by atoms with Crippen LogP contribution in [0.25, 0.3) is 0 Å². The minimum Gasteiger partial charge on any atom is -0.484 e. The molecule has 5 heteroatoms. The fourth-order valence-electron chi connectivity index (χ4n) is 2.55. The number of carbonyl (C=O) groups is 2. The number of benzene rings is 1. The molecule has 1 heterocycles. The molecular weight excluding hydrogens is 322 g/mol. The molecule has 1 amide bonds. The minimum atomic E-state index is 0.0135. The van der Waals surface area contributed by atoms with Crippen molar-refractivity contribution in [2.24, 2.45) is 0 Å². The minimum absolute atomic E-state index is 0.0135. The van der Waals surface area contributed by atoms with Crippen LogP contribution in [0.1, 0.15) is 41.4 Å². The maximum absolute atomic E-state index is 12.5. The van der Waals surface area contributed by atoms with E-state index in [4.69, 9.17) is 4.74 Å². The van der Waals surface area contributed by atoms with E-state index < -0.39 is 0 Å². The zero-order valence-electron chi connectivity index (χ0n) is 13.7. The van der Waals surface area contributed by atoms with Crippen LogP contribution in [0.4, 0.5) is 0 Å². The van der Waals surface area contributed by atoms with Gasteiger partial charge in [0.25, 0.3) is 5.91 Å². The molecule has 24 heavy (non-hydrogen) atoms. The Morgan fingerprint density at radius 1 is 1.21 bits per heavy atom. The van der Waals surface area contributed by atoms with Crippen LogP contribution in [-0.4, -0.2) is 29.2 Å². The quantitative estimate of drug-likeness (QED) is 0.683. The van der Waals surface area contributed by atoms with Crippen molar-refractivity contribution >= 4 is 23.0 Å². The molecule has 0 spiro atoms. The topological polar surface area (TPSA) is 46.6 Å². The molecule has 1 aliphatic rings. The Morgan fingerprint density at radius 3 is 2.54 bits per heavy atom.